The van der Waals surface area contributed by atoms with Crippen molar-refractivity contribution in [2.75, 3.05) is 0 Å². The number of rotatable bonds is 2. The van der Waals surface area contributed by atoms with E-state index in [1.54, 1.807) is 0 Å². The summed E-state index contributed by atoms with van der Waals surface area (Å²) in [6, 6.07) is 11.1. The van der Waals surface area contributed by atoms with Crippen molar-refractivity contribution in [2.45, 2.75) is 26.3 Å². The SMILES string of the molecule is CC(C)[N+](=C1C=CC=CC1)c1ccccc1. The maximum absolute atomic E-state index is 2.39. The maximum atomic E-state index is 2.39. The van der Waals surface area contributed by atoms with Crippen molar-refractivity contribution in [3.05, 3.63) is 54.6 Å². The molecule has 0 aliphatic heterocycles. The van der Waals surface area contributed by atoms with Gasteiger partial charge in [0.2, 0.25) is 5.69 Å². The van der Waals surface area contributed by atoms with Gasteiger partial charge in [-0.3, -0.25) is 0 Å². The lowest BCUT2D eigenvalue weighted by Crippen LogP contribution is -2.22. The van der Waals surface area contributed by atoms with Crippen LogP contribution in [0, 0.1) is 0 Å². The molecule has 0 unspecified atom stereocenters. The van der Waals surface area contributed by atoms with Gasteiger partial charge in [0.1, 0.15) is 0 Å². The fourth-order valence-electron chi connectivity index (χ4n) is 2.06. The van der Waals surface area contributed by atoms with Crippen molar-refractivity contribution in [1.29, 1.82) is 0 Å². The van der Waals surface area contributed by atoms with Gasteiger partial charge in [0, 0.05) is 18.2 Å². The molecule has 0 atom stereocenters. The molecule has 0 amide bonds. The van der Waals surface area contributed by atoms with E-state index in [4.69, 9.17) is 0 Å². The van der Waals surface area contributed by atoms with E-state index >= 15 is 0 Å². The molecule has 0 radical (unpaired) electrons. The van der Waals surface area contributed by atoms with Crippen LogP contribution in [0.3, 0.4) is 0 Å². The highest BCUT2D eigenvalue weighted by atomic mass is 15.0. The van der Waals surface area contributed by atoms with Crippen LogP contribution in [0.25, 0.3) is 0 Å². The zero-order valence-corrected chi connectivity index (χ0v) is 9.93. The third-order valence-corrected chi connectivity index (χ3v) is 2.72. The Hall–Kier alpha value is -1.63. The van der Waals surface area contributed by atoms with Gasteiger partial charge in [-0.15, -0.1) is 0 Å². The summed E-state index contributed by atoms with van der Waals surface area (Å²) in [5.41, 5.74) is 2.64. The minimum Gasteiger partial charge on any atom is -0.194 e. The molecular formula is C15H18N+. The molecule has 0 spiro atoms. The Labute approximate surface area is 97.4 Å². The van der Waals surface area contributed by atoms with Gasteiger partial charge in [-0.1, -0.05) is 36.4 Å². The Kier molecular flexibility index (Phi) is 3.35. The van der Waals surface area contributed by atoms with Crippen LogP contribution in [-0.2, 0) is 0 Å². The zero-order valence-electron chi connectivity index (χ0n) is 9.93. The second-order valence-corrected chi connectivity index (χ2v) is 4.28. The van der Waals surface area contributed by atoms with Crippen molar-refractivity contribution in [2.24, 2.45) is 0 Å². The summed E-state index contributed by atoms with van der Waals surface area (Å²) in [6.45, 7) is 4.46. The van der Waals surface area contributed by atoms with E-state index in [9.17, 15) is 0 Å². The molecule has 1 nitrogen and oxygen atoms in total. The Balaban J connectivity index is 2.46. The molecule has 2 rings (SSSR count). The lowest BCUT2D eigenvalue weighted by molar-refractivity contribution is -0.476. The van der Waals surface area contributed by atoms with Crippen LogP contribution in [0.4, 0.5) is 5.69 Å². The summed E-state index contributed by atoms with van der Waals surface area (Å²) in [4.78, 5) is 0. The molecule has 1 aliphatic rings. The summed E-state index contributed by atoms with van der Waals surface area (Å²) in [7, 11) is 0. The number of nitrogens with zero attached hydrogens (tertiary/aromatic N) is 1. The minimum absolute atomic E-state index is 0.480. The second kappa shape index (κ2) is 4.93. The smallest absolute Gasteiger partial charge is 0.194 e. The number of hydrogen-bond donors (Lipinski definition) is 0. The Morgan fingerprint density at radius 3 is 2.38 bits per heavy atom. The molecule has 82 valence electrons. The van der Waals surface area contributed by atoms with Crippen molar-refractivity contribution < 1.29 is 4.58 Å². The fraction of sp³-hybridized carbons (Fsp3) is 0.267. The normalized spacial score (nSPS) is 17.9. The van der Waals surface area contributed by atoms with Gasteiger partial charge in [0.25, 0.3) is 0 Å². The van der Waals surface area contributed by atoms with Gasteiger partial charge in [-0.25, -0.2) is 0 Å². The molecule has 0 bridgehead atoms. The molecule has 1 aromatic rings. The van der Waals surface area contributed by atoms with Gasteiger partial charge in [-0.05, 0) is 13.8 Å². The monoisotopic (exact) mass is 212 g/mol. The first kappa shape index (κ1) is 10.9. The van der Waals surface area contributed by atoms with Gasteiger partial charge in [0.05, 0.1) is 6.42 Å². The quantitative estimate of drug-likeness (QED) is 0.658. The van der Waals surface area contributed by atoms with E-state index in [0.29, 0.717) is 6.04 Å². The number of hydrogen-bond acceptors (Lipinski definition) is 0. The topological polar surface area (TPSA) is 3.01 Å². The molecule has 1 aromatic carbocycles. The summed E-state index contributed by atoms with van der Waals surface area (Å²) in [5.74, 6) is 0. The first-order valence-corrected chi connectivity index (χ1v) is 5.82. The van der Waals surface area contributed by atoms with Crippen molar-refractivity contribution in [3.8, 4) is 0 Å². The third-order valence-electron chi connectivity index (χ3n) is 2.72. The average molecular weight is 212 g/mol. The Morgan fingerprint density at radius 1 is 1.06 bits per heavy atom. The van der Waals surface area contributed by atoms with Crippen molar-refractivity contribution in [1.82, 2.24) is 0 Å². The van der Waals surface area contributed by atoms with E-state index in [1.807, 2.05) is 0 Å². The van der Waals surface area contributed by atoms with Crippen LogP contribution in [0.15, 0.2) is 54.6 Å². The summed E-state index contributed by atoms with van der Waals surface area (Å²) < 4.78 is 2.39. The lowest BCUT2D eigenvalue weighted by Gasteiger charge is -2.11. The first-order valence-electron chi connectivity index (χ1n) is 5.82. The fourth-order valence-corrected chi connectivity index (χ4v) is 2.06. The number of para-hydroxylation sites is 1. The maximum Gasteiger partial charge on any atom is 0.205 e. The van der Waals surface area contributed by atoms with E-state index in [1.165, 1.54) is 11.4 Å². The van der Waals surface area contributed by atoms with E-state index in [2.05, 4.69) is 73.1 Å². The molecule has 1 aliphatic carbocycles. The zero-order chi connectivity index (χ0) is 11.4. The largest absolute Gasteiger partial charge is 0.205 e. The van der Waals surface area contributed by atoms with Gasteiger partial charge in [-0.2, -0.15) is 4.58 Å². The van der Waals surface area contributed by atoms with Crippen LogP contribution >= 0.6 is 0 Å². The Morgan fingerprint density at radius 2 is 1.81 bits per heavy atom. The highest BCUT2D eigenvalue weighted by Crippen LogP contribution is 2.16. The highest BCUT2D eigenvalue weighted by Gasteiger charge is 2.18. The third kappa shape index (κ3) is 2.30. The molecular weight excluding hydrogens is 194 g/mol. The number of benzene rings is 1. The first-order chi connectivity index (χ1) is 7.79. The van der Waals surface area contributed by atoms with Crippen molar-refractivity contribution in [3.63, 3.8) is 0 Å². The molecule has 0 N–H and O–H groups in total. The highest BCUT2D eigenvalue weighted by molar-refractivity contribution is 5.93. The van der Waals surface area contributed by atoms with Crippen LogP contribution in [0.5, 0.6) is 0 Å². The van der Waals surface area contributed by atoms with Crippen molar-refractivity contribution >= 4 is 11.4 Å². The van der Waals surface area contributed by atoms with Gasteiger partial charge < -0.3 is 0 Å². The Bertz CT molecular complexity index is 436. The standard InChI is InChI=1S/C15H18N/c1-13(2)16(14-9-5-3-6-10-14)15-11-7-4-8-12-15/h3-11,13H,12H2,1-2H3/q+1. The second-order valence-electron chi connectivity index (χ2n) is 4.28. The number of allylic oxidation sites excluding steroid dienone is 4. The lowest BCUT2D eigenvalue weighted by atomic mass is 10.1. The minimum atomic E-state index is 0.480. The van der Waals surface area contributed by atoms with Gasteiger partial charge in [0.15, 0.2) is 11.8 Å². The van der Waals surface area contributed by atoms with Crippen LogP contribution in [-0.4, -0.2) is 16.3 Å². The predicted molar refractivity (Wildman–Crippen MR) is 69.4 cm³/mol. The van der Waals surface area contributed by atoms with E-state index < -0.39 is 0 Å². The molecule has 1 heteroatoms. The van der Waals surface area contributed by atoms with Crippen LogP contribution in [0.1, 0.15) is 20.3 Å². The summed E-state index contributed by atoms with van der Waals surface area (Å²) in [5, 5.41) is 0. The molecule has 0 saturated carbocycles. The molecule has 0 fully saturated rings. The van der Waals surface area contributed by atoms with E-state index in [-0.39, 0.29) is 0 Å². The predicted octanol–water partition coefficient (Wildman–Crippen LogP) is 3.70. The molecule has 0 saturated heterocycles. The van der Waals surface area contributed by atoms with Crippen LogP contribution in [0.2, 0.25) is 0 Å². The summed E-state index contributed by atoms with van der Waals surface area (Å²) in [6.07, 6.45) is 9.63. The molecule has 0 aromatic heterocycles. The van der Waals surface area contributed by atoms with Crippen LogP contribution < -0.4 is 0 Å². The summed E-state index contributed by atoms with van der Waals surface area (Å²) >= 11 is 0. The van der Waals surface area contributed by atoms with E-state index in [0.717, 1.165) is 6.42 Å². The molecule has 0 heterocycles. The molecule has 16 heavy (non-hydrogen) atoms. The average Bonchev–Trinajstić information content (AvgIpc) is 2.31. The van der Waals surface area contributed by atoms with Gasteiger partial charge >= 0.3 is 0 Å².